The number of carbonyl (C=O) groups excluding carboxylic acids is 1. The first-order chi connectivity index (χ1) is 10.2. The van der Waals surface area contributed by atoms with E-state index in [1.165, 1.54) is 0 Å². The third-order valence-corrected chi connectivity index (χ3v) is 3.74. The fourth-order valence-corrected chi connectivity index (χ4v) is 2.73. The second-order valence-corrected chi connectivity index (χ2v) is 5.43. The van der Waals surface area contributed by atoms with Gasteiger partial charge in [-0.15, -0.1) is 0 Å². The Hall–Kier alpha value is -2.07. The zero-order valence-corrected chi connectivity index (χ0v) is 12.5. The van der Waals surface area contributed by atoms with Gasteiger partial charge in [-0.3, -0.25) is 9.78 Å². The van der Waals surface area contributed by atoms with Crippen LogP contribution in [0.2, 0.25) is 5.02 Å². The van der Waals surface area contributed by atoms with Gasteiger partial charge in [-0.05, 0) is 36.8 Å². The van der Waals surface area contributed by atoms with Crippen LogP contribution in [0.4, 0.5) is 5.69 Å². The van der Waals surface area contributed by atoms with Gasteiger partial charge < -0.3 is 10.2 Å². The highest BCUT2D eigenvalue weighted by atomic mass is 35.5. The molecule has 2 aromatic rings. The largest absolute Gasteiger partial charge is 0.359 e. The summed E-state index contributed by atoms with van der Waals surface area (Å²) in [5, 5.41) is 3.99. The molecule has 4 nitrogen and oxygen atoms in total. The molecule has 1 aromatic heterocycles. The van der Waals surface area contributed by atoms with E-state index in [1.54, 1.807) is 24.4 Å². The average Bonchev–Trinajstić information content (AvgIpc) is 2.50. The maximum absolute atomic E-state index is 12.7. The van der Waals surface area contributed by atoms with E-state index >= 15 is 0 Å². The number of pyridine rings is 1. The number of anilines is 1. The van der Waals surface area contributed by atoms with Crippen molar-refractivity contribution in [1.82, 2.24) is 9.88 Å². The highest BCUT2D eigenvalue weighted by Crippen LogP contribution is 2.33. The first-order valence-electron chi connectivity index (χ1n) is 6.98. The van der Waals surface area contributed by atoms with Gasteiger partial charge in [-0.1, -0.05) is 24.6 Å². The van der Waals surface area contributed by atoms with Crippen molar-refractivity contribution in [2.24, 2.45) is 0 Å². The number of hydrogen-bond acceptors (Lipinski definition) is 3. The van der Waals surface area contributed by atoms with Crippen molar-refractivity contribution in [1.29, 1.82) is 0 Å². The predicted molar refractivity (Wildman–Crippen MR) is 83.4 cm³/mol. The lowest BCUT2D eigenvalue weighted by Gasteiger charge is -2.37. The Balaban J connectivity index is 2.05. The number of hydrogen-bond donors (Lipinski definition) is 1. The normalized spacial score (nSPS) is 17.3. The van der Waals surface area contributed by atoms with Crippen LogP contribution >= 0.6 is 11.6 Å². The number of carbonyl (C=O) groups is 1. The summed E-state index contributed by atoms with van der Waals surface area (Å²) >= 11 is 6.04. The highest BCUT2D eigenvalue weighted by Gasteiger charge is 2.33. The van der Waals surface area contributed by atoms with Crippen LogP contribution in [0.5, 0.6) is 0 Å². The Morgan fingerprint density at radius 3 is 2.90 bits per heavy atom. The molecule has 108 valence electrons. The summed E-state index contributed by atoms with van der Waals surface area (Å²) in [6.07, 6.45) is 2.36. The molecule has 0 saturated carbocycles. The van der Waals surface area contributed by atoms with Crippen molar-refractivity contribution in [2.45, 2.75) is 19.5 Å². The quantitative estimate of drug-likeness (QED) is 0.940. The van der Waals surface area contributed by atoms with Crippen LogP contribution < -0.4 is 5.32 Å². The highest BCUT2D eigenvalue weighted by molar-refractivity contribution is 6.31. The molecule has 1 amide bonds. The molecule has 5 heteroatoms. The van der Waals surface area contributed by atoms with Crippen LogP contribution in [0.1, 0.15) is 35.6 Å². The molecule has 1 aliphatic rings. The van der Waals surface area contributed by atoms with Crippen LogP contribution in [0.25, 0.3) is 0 Å². The third kappa shape index (κ3) is 2.59. The van der Waals surface area contributed by atoms with Gasteiger partial charge in [-0.25, -0.2) is 0 Å². The van der Waals surface area contributed by atoms with E-state index in [0.29, 0.717) is 17.1 Å². The molecule has 0 bridgehead atoms. The van der Waals surface area contributed by atoms with Gasteiger partial charge in [0.25, 0.3) is 5.91 Å². The second kappa shape index (κ2) is 5.74. The van der Waals surface area contributed by atoms with Gasteiger partial charge in [0.1, 0.15) is 6.17 Å². The van der Waals surface area contributed by atoms with Crippen LogP contribution in [0.15, 0.2) is 42.6 Å². The maximum atomic E-state index is 12.7. The predicted octanol–water partition coefficient (Wildman–Crippen LogP) is 3.71. The number of nitrogens with zero attached hydrogens (tertiary/aromatic N) is 2. The van der Waals surface area contributed by atoms with Crippen molar-refractivity contribution < 1.29 is 4.79 Å². The number of rotatable bonds is 3. The number of aromatic nitrogens is 1. The molecule has 1 N–H and O–H groups in total. The summed E-state index contributed by atoms with van der Waals surface area (Å²) in [6.45, 7) is 2.73. The van der Waals surface area contributed by atoms with Crippen LogP contribution in [-0.4, -0.2) is 22.3 Å². The smallest absolute Gasteiger partial charge is 0.257 e. The van der Waals surface area contributed by atoms with E-state index in [1.807, 2.05) is 23.1 Å². The average molecular weight is 302 g/mol. The standard InChI is InChI=1S/C16H16ClN3O/c1-2-9-20-15(13-5-3-4-8-18-13)19-14-10-11(17)6-7-12(14)16(20)21/h3-8,10,15,19H,2,9H2,1H3/t15-/m1/s1. The van der Waals surface area contributed by atoms with E-state index in [9.17, 15) is 4.79 Å². The Labute approximate surface area is 128 Å². The second-order valence-electron chi connectivity index (χ2n) is 4.99. The lowest BCUT2D eigenvalue weighted by molar-refractivity contribution is 0.0680. The molecule has 0 radical (unpaired) electrons. The molecule has 21 heavy (non-hydrogen) atoms. The van der Waals surface area contributed by atoms with E-state index < -0.39 is 0 Å². The summed E-state index contributed by atoms with van der Waals surface area (Å²) < 4.78 is 0. The zero-order valence-electron chi connectivity index (χ0n) is 11.7. The van der Waals surface area contributed by atoms with Crippen LogP contribution in [0.3, 0.4) is 0 Å². The van der Waals surface area contributed by atoms with Crippen molar-refractivity contribution in [3.63, 3.8) is 0 Å². The first-order valence-corrected chi connectivity index (χ1v) is 7.36. The first kappa shape index (κ1) is 13.9. The summed E-state index contributed by atoms with van der Waals surface area (Å²) in [5.41, 5.74) is 2.24. The molecule has 0 unspecified atom stereocenters. The van der Waals surface area contributed by atoms with Crippen LogP contribution in [-0.2, 0) is 0 Å². The van der Waals surface area contributed by atoms with E-state index in [2.05, 4.69) is 17.2 Å². The number of benzene rings is 1. The maximum Gasteiger partial charge on any atom is 0.257 e. The molecular formula is C16H16ClN3O. The minimum Gasteiger partial charge on any atom is -0.359 e. The minimum absolute atomic E-state index is 0.0120. The number of nitrogens with one attached hydrogen (secondary N) is 1. The van der Waals surface area contributed by atoms with E-state index in [-0.39, 0.29) is 12.1 Å². The number of fused-ring (bicyclic) bond motifs is 1. The van der Waals surface area contributed by atoms with Crippen molar-refractivity contribution in [2.75, 3.05) is 11.9 Å². The van der Waals surface area contributed by atoms with Gasteiger partial charge >= 0.3 is 0 Å². The SMILES string of the molecule is CCCN1C(=O)c2ccc(Cl)cc2N[C@H]1c1ccccn1. The molecular weight excluding hydrogens is 286 g/mol. The molecule has 2 heterocycles. The van der Waals surface area contributed by atoms with Gasteiger partial charge in [0.15, 0.2) is 0 Å². The van der Waals surface area contributed by atoms with Gasteiger partial charge in [0.2, 0.25) is 0 Å². The number of amides is 1. The summed E-state index contributed by atoms with van der Waals surface area (Å²) in [7, 11) is 0. The molecule has 1 atom stereocenters. The third-order valence-electron chi connectivity index (χ3n) is 3.51. The fraction of sp³-hybridized carbons (Fsp3) is 0.250. The van der Waals surface area contributed by atoms with Gasteiger partial charge in [-0.2, -0.15) is 0 Å². The van der Waals surface area contributed by atoms with E-state index in [0.717, 1.165) is 17.8 Å². The van der Waals surface area contributed by atoms with Crippen molar-refractivity contribution in [3.05, 3.63) is 58.9 Å². The topological polar surface area (TPSA) is 45.2 Å². The lowest BCUT2D eigenvalue weighted by atomic mass is 10.1. The molecule has 0 spiro atoms. The van der Waals surface area contributed by atoms with Crippen LogP contribution in [0, 0.1) is 0 Å². The summed E-state index contributed by atoms with van der Waals surface area (Å²) in [6, 6.07) is 11.0. The molecule has 3 rings (SSSR count). The lowest BCUT2D eigenvalue weighted by Crippen LogP contribution is -2.43. The Bertz CT molecular complexity index is 660. The molecule has 1 aliphatic heterocycles. The summed E-state index contributed by atoms with van der Waals surface area (Å²) in [5.74, 6) is 0.0120. The van der Waals surface area contributed by atoms with Crippen molar-refractivity contribution >= 4 is 23.2 Å². The molecule has 1 aromatic carbocycles. The van der Waals surface area contributed by atoms with E-state index in [4.69, 9.17) is 11.6 Å². The Morgan fingerprint density at radius 1 is 1.33 bits per heavy atom. The molecule has 0 fully saturated rings. The zero-order chi connectivity index (χ0) is 14.8. The van der Waals surface area contributed by atoms with Gasteiger partial charge in [0.05, 0.1) is 16.9 Å². The Kier molecular flexibility index (Phi) is 3.80. The summed E-state index contributed by atoms with van der Waals surface area (Å²) in [4.78, 5) is 18.9. The molecule has 0 saturated heterocycles. The Morgan fingerprint density at radius 2 is 2.19 bits per heavy atom. The minimum atomic E-state index is -0.260. The number of halogens is 1. The molecule has 0 aliphatic carbocycles. The fourth-order valence-electron chi connectivity index (χ4n) is 2.56. The van der Waals surface area contributed by atoms with Gasteiger partial charge in [0, 0.05) is 17.8 Å². The van der Waals surface area contributed by atoms with Crippen molar-refractivity contribution in [3.8, 4) is 0 Å². The monoisotopic (exact) mass is 301 g/mol.